The van der Waals surface area contributed by atoms with Crippen LogP contribution in [-0.4, -0.2) is 52.7 Å². The lowest BCUT2D eigenvalue weighted by atomic mass is 10.1. The van der Waals surface area contributed by atoms with Crippen molar-refractivity contribution in [2.45, 2.75) is 64.7 Å². The first-order chi connectivity index (χ1) is 12.7. The largest absolute Gasteiger partial charge is 0.474 e. The van der Waals surface area contributed by atoms with Gasteiger partial charge in [0.15, 0.2) is 0 Å². The second kappa shape index (κ2) is 9.01. The molecule has 0 spiro atoms. The molecule has 1 aliphatic rings. The number of carbonyl (C=O) groups excluding carboxylic acids is 2. The number of hydrogen-bond donors (Lipinski definition) is 1. The molecule has 0 bridgehead atoms. The van der Waals surface area contributed by atoms with Crippen LogP contribution in [0.4, 0.5) is 9.18 Å². The highest BCUT2D eigenvalue weighted by molar-refractivity contribution is 5.85. The fourth-order valence-electron chi connectivity index (χ4n) is 2.81. The van der Waals surface area contributed by atoms with Gasteiger partial charge in [0, 0.05) is 32.0 Å². The molecule has 1 N–H and O–H groups in total. The van der Waals surface area contributed by atoms with E-state index in [4.69, 9.17) is 9.47 Å². The third kappa shape index (κ3) is 6.69. The number of aromatic nitrogens is 1. The molecular formula is C19H28FN3O4. The van der Waals surface area contributed by atoms with E-state index in [1.165, 1.54) is 12.1 Å². The number of ether oxygens (including phenoxy) is 2. The minimum Gasteiger partial charge on any atom is -0.474 e. The summed E-state index contributed by atoms with van der Waals surface area (Å²) in [5, 5.41) is 2.65. The van der Waals surface area contributed by atoms with Gasteiger partial charge in [-0.15, -0.1) is 0 Å². The minimum absolute atomic E-state index is 0.0779. The summed E-state index contributed by atoms with van der Waals surface area (Å²) < 4.78 is 23.9. The second-order valence-corrected chi connectivity index (χ2v) is 7.56. The first kappa shape index (κ1) is 20.9. The van der Waals surface area contributed by atoms with Crippen LogP contribution in [-0.2, 0) is 9.53 Å². The molecule has 1 aromatic rings. The van der Waals surface area contributed by atoms with Gasteiger partial charge in [0.1, 0.15) is 23.6 Å². The summed E-state index contributed by atoms with van der Waals surface area (Å²) in [5.74, 6) is -0.160. The fraction of sp³-hybridized carbons (Fsp3) is 0.632. The van der Waals surface area contributed by atoms with E-state index in [0.717, 1.165) is 6.20 Å². The second-order valence-electron chi connectivity index (χ2n) is 7.56. The SMILES string of the molecule is CC[C@H](NC(=O)OC(C)(C)C)C(=O)N1CCC(Oc2ccc(F)cn2)CC1. The standard InChI is InChI=1S/C19H28FN3O4/c1-5-15(22-18(25)27-19(2,3)4)17(24)23-10-8-14(9-11-23)26-16-7-6-13(20)12-21-16/h6-7,12,14-15H,5,8-11H2,1-4H3,(H,22,25)/t15-/m0/s1. The smallest absolute Gasteiger partial charge is 0.408 e. The summed E-state index contributed by atoms with van der Waals surface area (Å²) in [4.78, 5) is 30.2. The Balaban J connectivity index is 1.83. The van der Waals surface area contributed by atoms with Crippen molar-refractivity contribution < 1.29 is 23.5 Å². The summed E-state index contributed by atoms with van der Waals surface area (Å²) in [6, 6.07) is 2.18. The molecule has 150 valence electrons. The number of nitrogens with zero attached hydrogens (tertiary/aromatic N) is 2. The van der Waals surface area contributed by atoms with E-state index < -0.39 is 23.6 Å². The number of nitrogens with one attached hydrogen (secondary N) is 1. The number of carbonyl (C=O) groups is 2. The van der Waals surface area contributed by atoms with E-state index in [2.05, 4.69) is 10.3 Å². The molecule has 2 rings (SSSR count). The van der Waals surface area contributed by atoms with Gasteiger partial charge >= 0.3 is 6.09 Å². The van der Waals surface area contributed by atoms with Crippen molar-refractivity contribution in [3.05, 3.63) is 24.1 Å². The summed E-state index contributed by atoms with van der Waals surface area (Å²) in [7, 11) is 0. The Labute approximate surface area is 159 Å². The lowest BCUT2D eigenvalue weighted by Gasteiger charge is -2.34. The van der Waals surface area contributed by atoms with Crippen molar-refractivity contribution in [2.24, 2.45) is 0 Å². The van der Waals surface area contributed by atoms with Crippen LogP contribution < -0.4 is 10.1 Å². The predicted molar refractivity (Wildman–Crippen MR) is 97.9 cm³/mol. The number of likely N-dealkylation sites (tertiary alicyclic amines) is 1. The van der Waals surface area contributed by atoms with E-state index in [1.54, 1.807) is 25.7 Å². The number of amides is 2. The third-order valence-electron chi connectivity index (χ3n) is 4.14. The molecule has 1 aromatic heterocycles. The first-order valence-corrected chi connectivity index (χ1v) is 9.24. The highest BCUT2D eigenvalue weighted by Crippen LogP contribution is 2.18. The summed E-state index contributed by atoms with van der Waals surface area (Å²) in [6.07, 6.45) is 2.21. The molecule has 1 aliphatic heterocycles. The number of alkyl carbamates (subject to hydrolysis) is 1. The van der Waals surface area contributed by atoms with Crippen molar-refractivity contribution in [2.75, 3.05) is 13.1 Å². The maximum atomic E-state index is 12.9. The van der Waals surface area contributed by atoms with Crippen LogP contribution >= 0.6 is 0 Å². The molecule has 0 saturated carbocycles. The molecule has 1 atom stereocenters. The topological polar surface area (TPSA) is 80.8 Å². The first-order valence-electron chi connectivity index (χ1n) is 9.24. The maximum absolute atomic E-state index is 12.9. The molecule has 7 nitrogen and oxygen atoms in total. The Morgan fingerprint density at radius 3 is 2.52 bits per heavy atom. The van der Waals surface area contributed by atoms with Crippen molar-refractivity contribution >= 4 is 12.0 Å². The lowest BCUT2D eigenvalue weighted by Crippen LogP contribution is -2.52. The van der Waals surface area contributed by atoms with Gasteiger partial charge in [0.05, 0.1) is 6.20 Å². The van der Waals surface area contributed by atoms with Gasteiger partial charge in [-0.3, -0.25) is 4.79 Å². The molecule has 0 radical (unpaired) electrons. The van der Waals surface area contributed by atoms with E-state index in [-0.39, 0.29) is 12.0 Å². The number of halogens is 1. The van der Waals surface area contributed by atoms with Gasteiger partial charge in [-0.1, -0.05) is 6.92 Å². The van der Waals surface area contributed by atoms with Crippen LogP contribution in [0.1, 0.15) is 47.0 Å². The monoisotopic (exact) mass is 381 g/mol. The van der Waals surface area contributed by atoms with Crippen molar-refractivity contribution in [3.8, 4) is 5.88 Å². The molecule has 0 aromatic carbocycles. The van der Waals surface area contributed by atoms with Crippen molar-refractivity contribution in [3.63, 3.8) is 0 Å². The van der Waals surface area contributed by atoms with Crippen molar-refractivity contribution in [1.29, 1.82) is 0 Å². The number of rotatable bonds is 5. The zero-order chi connectivity index (χ0) is 20.0. The average molecular weight is 381 g/mol. The highest BCUT2D eigenvalue weighted by atomic mass is 19.1. The molecule has 2 heterocycles. The Kier molecular flexibility index (Phi) is 6.98. The van der Waals surface area contributed by atoms with Gasteiger partial charge in [-0.25, -0.2) is 14.2 Å². The molecule has 1 fully saturated rings. The van der Waals surface area contributed by atoms with E-state index in [0.29, 0.717) is 38.2 Å². The van der Waals surface area contributed by atoms with Crippen LogP contribution in [0.15, 0.2) is 18.3 Å². The predicted octanol–water partition coefficient (Wildman–Crippen LogP) is 2.89. The Morgan fingerprint density at radius 2 is 2.00 bits per heavy atom. The Morgan fingerprint density at radius 1 is 1.33 bits per heavy atom. The third-order valence-corrected chi connectivity index (χ3v) is 4.14. The Bertz CT molecular complexity index is 637. The van der Waals surface area contributed by atoms with E-state index in [1.807, 2.05) is 6.92 Å². The molecule has 0 unspecified atom stereocenters. The molecule has 2 amide bonds. The van der Waals surface area contributed by atoms with Gasteiger partial charge in [0.25, 0.3) is 0 Å². The van der Waals surface area contributed by atoms with Gasteiger partial charge < -0.3 is 19.7 Å². The minimum atomic E-state index is -0.616. The lowest BCUT2D eigenvalue weighted by molar-refractivity contribution is -0.135. The van der Waals surface area contributed by atoms with Crippen LogP contribution in [0, 0.1) is 5.82 Å². The highest BCUT2D eigenvalue weighted by Gasteiger charge is 2.30. The molecule has 1 saturated heterocycles. The van der Waals surface area contributed by atoms with Crippen LogP contribution in [0.3, 0.4) is 0 Å². The average Bonchev–Trinajstić information content (AvgIpc) is 2.60. The van der Waals surface area contributed by atoms with E-state index in [9.17, 15) is 14.0 Å². The molecule has 8 heteroatoms. The number of pyridine rings is 1. The van der Waals surface area contributed by atoms with Gasteiger partial charge in [0.2, 0.25) is 11.8 Å². The Hall–Kier alpha value is -2.38. The number of hydrogen-bond acceptors (Lipinski definition) is 5. The van der Waals surface area contributed by atoms with E-state index >= 15 is 0 Å². The van der Waals surface area contributed by atoms with Crippen molar-refractivity contribution in [1.82, 2.24) is 15.2 Å². The normalized spacial score (nSPS) is 16.6. The summed E-state index contributed by atoms with van der Waals surface area (Å²) >= 11 is 0. The van der Waals surface area contributed by atoms with Crippen LogP contribution in [0.25, 0.3) is 0 Å². The number of piperidine rings is 1. The van der Waals surface area contributed by atoms with Gasteiger partial charge in [-0.05, 0) is 33.3 Å². The zero-order valence-electron chi connectivity index (χ0n) is 16.3. The zero-order valence-corrected chi connectivity index (χ0v) is 16.3. The molecule has 27 heavy (non-hydrogen) atoms. The van der Waals surface area contributed by atoms with Crippen LogP contribution in [0.2, 0.25) is 0 Å². The maximum Gasteiger partial charge on any atom is 0.408 e. The summed E-state index contributed by atoms with van der Waals surface area (Å²) in [5.41, 5.74) is -0.616. The molecular weight excluding hydrogens is 353 g/mol. The molecule has 0 aliphatic carbocycles. The fourth-order valence-corrected chi connectivity index (χ4v) is 2.81. The summed E-state index contributed by atoms with van der Waals surface area (Å²) in [6.45, 7) is 8.21. The van der Waals surface area contributed by atoms with Gasteiger partial charge in [-0.2, -0.15) is 0 Å². The quantitative estimate of drug-likeness (QED) is 0.848. The van der Waals surface area contributed by atoms with Crippen LogP contribution in [0.5, 0.6) is 5.88 Å².